The van der Waals surface area contributed by atoms with Crippen LogP contribution in [0, 0.1) is 6.57 Å². The molecule has 0 fully saturated rings. The first kappa shape index (κ1) is 21.3. The molecule has 1 unspecified atom stereocenters. The number of hydrogen-bond acceptors (Lipinski definition) is 4. The normalized spacial score (nSPS) is 15.8. The van der Waals surface area contributed by atoms with E-state index in [4.69, 9.17) is 6.57 Å². The molecule has 1 amide bonds. The molecular weight excluding hydrogens is 426 g/mol. The van der Waals surface area contributed by atoms with Crippen molar-refractivity contribution in [2.24, 2.45) is 0 Å². The molecule has 160 valence electrons. The summed E-state index contributed by atoms with van der Waals surface area (Å²) < 4.78 is 25.6. The van der Waals surface area contributed by atoms with Crippen LogP contribution in [-0.4, -0.2) is 26.4 Å². The van der Waals surface area contributed by atoms with Crippen molar-refractivity contribution in [3.63, 3.8) is 0 Å². The molecule has 0 saturated heterocycles. The maximum atomic E-state index is 13.5. The summed E-state index contributed by atoms with van der Waals surface area (Å²) >= 11 is 0. The molecule has 3 aromatic rings. The molecule has 32 heavy (non-hydrogen) atoms. The maximum Gasteiger partial charge on any atom is 0.242 e. The van der Waals surface area contributed by atoms with Crippen LogP contribution in [0.2, 0.25) is 0 Å². The van der Waals surface area contributed by atoms with Gasteiger partial charge >= 0.3 is 0 Å². The van der Waals surface area contributed by atoms with Crippen LogP contribution < -0.4 is 9.62 Å². The van der Waals surface area contributed by atoms with E-state index in [0.717, 1.165) is 11.8 Å². The summed E-state index contributed by atoms with van der Waals surface area (Å²) in [7, 11) is -3.51. The molecule has 0 saturated carbocycles. The van der Waals surface area contributed by atoms with Crippen molar-refractivity contribution in [2.45, 2.75) is 12.5 Å². The Labute approximate surface area is 186 Å². The summed E-state index contributed by atoms with van der Waals surface area (Å²) in [5.41, 5.74) is 2.97. The molecule has 0 spiro atoms. The van der Waals surface area contributed by atoms with E-state index >= 15 is 0 Å². The van der Waals surface area contributed by atoms with Crippen LogP contribution in [0.15, 0.2) is 72.8 Å². The van der Waals surface area contributed by atoms with E-state index in [-0.39, 0.29) is 23.9 Å². The minimum absolute atomic E-state index is 0.235. The highest BCUT2D eigenvalue weighted by Gasteiger charge is 2.40. The quantitative estimate of drug-likeness (QED) is 0.473. The molecule has 8 heteroatoms. The van der Waals surface area contributed by atoms with Crippen molar-refractivity contribution in [1.82, 2.24) is 0 Å². The van der Waals surface area contributed by atoms with Gasteiger partial charge in [0.25, 0.3) is 0 Å². The van der Waals surface area contributed by atoms with Gasteiger partial charge in [0.15, 0.2) is 11.5 Å². The molecule has 1 aliphatic heterocycles. The Morgan fingerprint density at radius 1 is 1.00 bits per heavy atom. The molecule has 0 aromatic heterocycles. The highest BCUT2D eigenvalue weighted by molar-refractivity contribution is 7.92. The summed E-state index contributed by atoms with van der Waals surface area (Å²) in [5, 5.41) is 0. The largest absolute Gasteiger partial charge is 0.306 e. The summed E-state index contributed by atoms with van der Waals surface area (Å²) in [6.45, 7) is 7.33. The lowest BCUT2D eigenvalue weighted by atomic mass is 9.84. The lowest BCUT2D eigenvalue weighted by molar-refractivity contribution is -0.119. The molecule has 1 aliphatic rings. The van der Waals surface area contributed by atoms with Gasteiger partial charge in [-0.2, -0.15) is 0 Å². The topological polar surface area (TPSA) is 87.9 Å². The van der Waals surface area contributed by atoms with E-state index in [9.17, 15) is 18.0 Å². The van der Waals surface area contributed by atoms with Crippen LogP contribution in [0.3, 0.4) is 0 Å². The molecule has 1 atom stereocenters. The number of amides is 1. The van der Waals surface area contributed by atoms with Crippen molar-refractivity contribution in [3.05, 3.63) is 101 Å². The zero-order valence-corrected chi connectivity index (χ0v) is 18.0. The number of fused-ring (bicyclic) bond motifs is 1. The first-order valence-corrected chi connectivity index (χ1v) is 11.6. The van der Waals surface area contributed by atoms with Crippen LogP contribution in [0.1, 0.15) is 27.4 Å². The number of sulfonamides is 1. The predicted octanol–water partition coefficient (Wildman–Crippen LogP) is 4.12. The number of Topliss-reactive ketones (excluding diaryl/α,β-unsaturated/α-hetero) is 1. The number of carbonyl (C=O) groups excluding carboxylic acids is 2. The summed E-state index contributed by atoms with van der Waals surface area (Å²) in [5.74, 6) is -1.81. The Morgan fingerprint density at radius 3 is 2.41 bits per heavy atom. The van der Waals surface area contributed by atoms with Gasteiger partial charge in [-0.3, -0.25) is 14.3 Å². The van der Waals surface area contributed by atoms with Crippen LogP contribution >= 0.6 is 0 Å². The van der Waals surface area contributed by atoms with Crippen molar-refractivity contribution < 1.29 is 18.0 Å². The lowest BCUT2D eigenvalue weighted by Gasteiger charge is -2.33. The molecule has 3 aromatic carbocycles. The zero-order chi connectivity index (χ0) is 22.9. The van der Waals surface area contributed by atoms with E-state index in [1.807, 2.05) is 0 Å². The zero-order valence-electron chi connectivity index (χ0n) is 17.1. The van der Waals surface area contributed by atoms with Gasteiger partial charge in [0.1, 0.15) is 5.92 Å². The fourth-order valence-corrected chi connectivity index (χ4v) is 4.33. The monoisotopic (exact) mass is 445 g/mol. The highest BCUT2D eigenvalue weighted by Crippen LogP contribution is 2.37. The van der Waals surface area contributed by atoms with Crippen LogP contribution in [0.4, 0.5) is 17.1 Å². The Kier molecular flexibility index (Phi) is 5.51. The second kappa shape index (κ2) is 8.29. The highest BCUT2D eigenvalue weighted by atomic mass is 32.2. The molecule has 4 rings (SSSR count). The Balaban J connectivity index is 1.75. The van der Waals surface area contributed by atoms with Crippen molar-refractivity contribution in [3.8, 4) is 0 Å². The average Bonchev–Trinajstić information content (AvgIpc) is 2.76. The Hall–Kier alpha value is -3.96. The number of ketones is 1. The minimum Gasteiger partial charge on any atom is -0.306 e. The van der Waals surface area contributed by atoms with Gasteiger partial charge < -0.3 is 4.90 Å². The predicted molar refractivity (Wildman–Crippen MR) is 122 cm³/mol. The van der Waals surface area contributed by atoms with Gasteiger partial charge in [-0.05, 0) is 35.4 Å². The second-order valence-corrected chi connectivity index (χ2v) is 9.27. The first-order chi connectivity index (χ1) is 15.3. The second-order valence-electron chi connectivity index (χ2n) is 7.52. The number of para-hydroxylation sites is 1. The number of benzene rings is 3. The minimum atomic E-state index is -3.51. The van der Waals surface area contributed by atoms with Gasteiger partial charge in [-0.1, -0.05) is 48.5 Å². The van der Waals surface area contributed by atoms with E-state index in [2.05, 4.69) is 9.57 Å². The average molecular weight is 446 g/mol. The van der Waals surface area contributed by atoms with Gasteiger partial charge in [-0.25, -0.2) is 13.3 Å². The first-order valence-electron chi connectivity index (χ1n) is 9.75. The fraction of sp³-hybridized carbons (Fsp3) is 0.125. The van der Waals surface area contributed by atoms with Crippen molar-refractivity contribution >= 4 is 38.8 Å². The van der Waals surface area contributed by atoms with E-state index in [1.54, 1.807) is 71.6 Å². The molecular formula is C24H19N3O4S. The van der Waals surface area contributed by atoms with Gasteiger partial charge in [0, 0.05) is 11.3 Å². The maximum absolute atomic E-state index is 13.5. The Morgan fingerprint density at radius 2 is 1.72 bits per heavy atom. The summed E-state index contributed by atoms with van der Waals surface area (Å²) in [6.07, 6.45) is 1.04. The molecule has 1 heterocycles. The van der Waals surface area contributed by atoms with Crippen LogP contribution in [0.5, 0.6) is 0 Å². The third-order valence-corrected chi connectivity index (χ3v) is 5.77. The third-order valence-electron chi connectivity index (χ3n) is 5.16. The van der Waals surface area contributed by atoms with Gasteiger partial charge in [0.2, 0.25) is 15.9 Å². The Bertz CT molecular complexity index is 1360. The molecule has 0 radical (unpaired) electrons. The molecule has 7 nitrogen and oxygen atoms in total. The fourth-order valence-electron chi connectivity index (χ4n) is 3.77. The number of nitrogens with one attached hydrogen (secondary N) is 1. The number of rotatable bonds is 5. The van der Waals surface area contributed by atoms with Gasteiger partial charge in [0.05, 0.1) is 25.1 Å². The van der Waals surface area contributed by atoms with Crippen molar-refractivity contribution in [2.75, 3.05) is 15.9 Å². The van der Waals surface area contributed by atoms with Crippen molar-refractivity contribution in [1.29, 1.82) is 0 Å². The van der Waals surface area contributed by atoms with E-state index < -0.39 is 15.9 Å². The van der Waals surface area contributed by atoms with Crippen LogP contribution in [-0.2, 0) is 21.4 Å². The third kappa shape index (κ3) is 4.24. The van der Waals surface area contributed by atoms with Gasteiger partial charge in [-0.15, -0.1) is 0 Å². The molecule has 0 bridgehead atoms. The number of hydrogen-bond donors (Lipinski definition) is 1. The number of anilines is 2. The number of nitrogens with zero attached hydrogens (tertiary/aromatic N) is 2. The summed E-state index contributed by atoms with van der Waals surface area (Å²) in [4.78, 5) is 31.8. The van der Waals surface area contributed by atoms with Crippen LogP contribution in [0.25, 0.3) is 4.85 Å². The lowest BCUT2D eigenvalue weighted by Crippen LogP contribution is -2.43. The smallest absolute Gasteiger partial charge is 0.242 e. The summed E-state index contributed by atoms with van der Waals surface area (Å²) in [6, 6.07) is 20.2. The standard InChI is InChI=1S/C24H19N3O4S/c1-25-18-12-10-16(11-13-18)15-27-21-9-4-3-8-20(21)23(28)22(24(27)29)17-6-5-7-19(14-17)26-32(2,30)31/h3-14,22,26H,15H2,2H3. The molecule has 1 N–H and O–H groups in total. The number of carbonyl (C=O) groups is 2. The van der Waals surface area contributed by atoms with E-state index in [0.29, 0.717) is 22.5 Å². The molecule has 0 aliphatic carbocycles. The SMILES string of the molecule is [C-]#[N+]c1ccc(CN2C(=O)C(c3cccc(NS(C)(=O)=O)c3)C(=O)c3ccccc32)cc1. The van der Waals surface area contributed by atoms with E-state index in [1.165, 1.54) is 6.07 Å².